The van der Waals surface area contributed by atoms with E-state index in [4.69, 9.17) is 0 Å². The molecule has 1 N–H and O–H groups in total. The molecule has 0 aromatic carbocycles. The third-order valence-corrected chi connectivity index (χ3v) is 4.92. The van der Waals surface area contributed by atoms with E-state index >= 15 is 0 Å². The van der Waals surface area contributed by atoms with E-state index in [2.05, 4.69) is 15.3 Å². The molecule has 3 rings (SSSR count). The largest absolute Gasteiger partial charge is 0.325 e. The molecule has 2 aromatic rings. The molecule has 6 nitrogen and oxygen atoms in total. The molecule has 1 amide bonds. The predicted molar refractivity (Wildman–Crippen MR) is 94.4 cm³/mol. The van der Waals surface area contributed by atoms with Crippen molar-refractivity contribution in [3.05, 3.63) is 46.6 Å². The molecule has 0 radical (unpaired) electrons. The van der Waals surface area contributed by atoms with E-state index in [1.165, 1.54) is 11.8 Å². The quantitative estimate of drug-likeness (QED) is 0.866. The van der Waals surface area contributed by atoms with Gasteiger partial charge in [-0.1, -0.05) is 32.5 Å². The van der Waals surface area contributed by atoms with Gasteiger partial charge >= 0.3 is 0 Å². The molecule has 0 bridgehead atoms. The minimum Gasteiger partial charge on any atom is -0.325 e. The first-order valence-corrected chi connectivity index (χ1v) is 8.80. The predicted octanol–water partition coefficient (Wildman–Crippen LogP) is 2.61. The molecule has 0 spiro atoms. The Balaban J connectivity index is 1.78. The topological polar surface area (TPSA) is 76.9 Å². The highest BCUT2D eigenvalue weighted by Crippen LogP contribution is 2.33. The van der Waals surface area contributed by atoms with Crippen LogP contribution in [0.1, 0.15) is 38.9 Å². The second kappa shape index (κ2) is 6.39. The number of nitrogens with zero attached hydrogens (tertiary/aromatic N) is 3. The van der Waals surface area contributed by atoms with Crippen LogP contribution < -0.4 is 10.9 Å². The van der Waals surface area contributed by atoms with Crippen molar-refractivity contribution in [2.24, 2.45) is 0 Å². The third-order valence-electron chi connectivity index (χ3n) is 3.82. The van der Waals surface area contributed by atoms with Gasteiger partial charge in [0, 0.05) is 29.9 Å². The molecule has 0 aliphatic carbocycles. The summed E-state index contributed by atoms with van der Waals surface area (Å²) in [7, 11) is 0. The summed E-state index contributed by atoms with van der Waals surface area (Å²) in [5.41, 5.74) is 1.17. The van der Waals surface area contributed by atoms with Gasteiger partial charge in [0.2, 0.25) is 5.91 Å². The molecule has 1 aliphatic rings. The number of carbonyl (C=O) groups excluding carboxylic acids is 1. The van der Waals surface area contributed by atoms with Crippen molar-refractivity contribution < 1.29 is 4.79 Å². The van der Waals surface area contributed by atoms with Gasteiger partial charge in [-0.15, -0.1) is 0 Å². The molecule has 0 saturated carbocycles. The van der Waals surface area contributed by atoms with E-state index in [0.29, 0.717) is 16.6 Å². The summed E-state index contributed by atoms with van der Waals surface area (Å²) in [6.45, 7) is 6.10. The second-order valence-electron chi connectivity index (χ2n) is 6.84. The highest BCUT2D eigenvalue weighted by atomic mass is 32.2. The van der Waals surface area contributed by atoms with Crippen LogP contribution in [0.3, 0.4) is 0 Å². The van der Waals surface area contributed by atoms with Crippen molar-refractivity contribution in [2.75, 3.05) is 11.1 Å². The molecule has 126 valence electrons. The summed E-state index contributed by atoms with van der Waals surface area (Å²) in [6, 6.07) is 4.96. The van der Waals surface area contributed by atoms with Crippen LogP contribution in [-0.2, 0) is 10.2 Å². The first kappa shape index (κ1) is 16.7. The zero-order valence-electron chi connectivity index (χ0n) is 13.9. The lowest BCUT2D eigenvalue weighted by molar-refractivity contribution is -0.116. The number of fused-ring (bicyclic) bond motifs is 1. The van der Waals surface area contributed by atoms with Crippen molar-refractivity contribution in [3.8, 4) is 0 Å². The van der Waals surface area contributed by atoms with Gasteiger partial charge < -0.3 is 5.32 Å². The van der Waals surface area contributed by atoms with Crippen molar-refractivity contribution in [3.63, 3.8) is 0 Å². The van der Waals surface area contributed by atoms with Gasteiger partial charge in [0.15, 0.2) is 5.16 Å². The first-order valence-electron chi connectivity index (χ1n) is 7.81. The average molecular weight is 344 g/mol. The van der Waals surface area contributed by atoms with Crippen LogP contribution in [0.2, 0.25) is 0 Å². The molecule has 7 heteroatoms. The number of hydrogen-bond acceptors (Lipinski definition) is 5. The van der Waals surface area contributed by atoms with Crippen LogP contribution in [-0.4, -0.2) is 26.2 Å². The Kier molecular flexibility index (Phi) is 4.45. The summed E-state index contributed by atoms with van der Waals surface area (Å²) >= 11 is 1.53. The SMILES string of the molecule is CC(C)(C)c1cc(=O)n2c(n1)SC[C@H]2CC(=O)Nc1cccnc1. The van der Waals surface area contributed by atoms with Gasteiger partial charge in [0.1, 0.15) is 0 Å². The Morgan fingerprint density at radius 1 is 1.46 bits per heavy atom. The van der Waals surface area contributed by atoms with E-state index in [1.54, 1.807) is 35.2 Å². The number of amides is 1. The number of anilines is 1. The molecule has 2 aromatic heterocycles. The Hall–Kier alpha value is -2.15. The highest BCUT2D eigenvalue weighted by molar-refractivity contribution is 7.99. The zero-order valence-corrected chi connectivity index (χ0v) is 14.8. The monoisotopic (exact) mass is 344 g/mol. The molecule has 1 atom stereocenters. The Bertz CT molecular complexity index is 812. The maximum atomic E-state index is 12.5. The molecule has 0 fully saturated rings. The smallest absolute Gasteiger partial charge is 0.254 e. The first-order chi connectivity index (χ1) is 11.3. The minimum absolute atomic E-state index is 0.0888. The molecule has 24 heavy (non-hydrogen) atoms. The van der Waals surface area contributed by atoms with Crippen LogP contribution >= 0.6 is 11.8 Å². The highest BCUT2D eigenvalue weighted by Gasteiger charge is 2.29. The molecule has 0 saturated heterocycles. The second-order valence-corrected chi connectivity index (χ2v) is 7.83. The Morgan fingerprint density at radius 3 is 2.92 bits per heavy atom. The molecule has 3 heterocycles. The van der Waals surface area contributed by atoms with Crippen molar-refractivity contribution in [2.45, 2.75) is 43.8 Å². The van der Waals surface area contributed by atoms with Crippen LogP contribution in [0, 0.1) is 0 Å². The van der Waals surface area contributed by atoms with E-state index in [1.807, 2.05) is 20.8 Å². The van der Waals surface area contributed by atoms with Crippen LogP contribution in [0.15, 0.2) is 40.5 Å². The number of thioether (sulfide) groups is 1. The standard InChI is InChI=1S/C17H20N4O2S/c1-17(2,3)13-8-15(23)21-12(10-24-16(21)20-13)7-14(22)19-11-5-4-6-18-9-11/h4-6,8-9,12H,7,10H2,1-3H3,(H,19,22)/t12-/m1/s1. The summed E-state index contributed by atoms with van der Waals surface area (Å²) < 4.78 is 1.64. The average Bonchev–Trinajstić information content (AvgIpc) is 2.90. The maximum absolute atomic E-state index is 12.5. The number of hydrogen-bond donors (Lipinski definition) is 1. The minimum atomic E-state index is -0.176. The summed E-state index contributed by atoms with van der Waals surface area (Å²) in [6.07, 6.45) is 3.49. The number of rotatable bonds is 3. The van der Waals surface area contributed by atoms with E-state index in [0.717, 1.165) is 5.69 Å². The van der Waals surface area contributed by atoms with E-state index < -0.39 is 0 Å². The summed E-state index contributed by atoms with van der Waals surface area (Å²) in [5, 5.41) is 3.51. The third kappa shape index (κ3) is 3.51. The molecular weight excluding hydrogens is 324 g/mol. The Morgan fingerprint density at radius 2 is 2.25 bits per heavy atom. The Labute approximate surface area is 144 Å². The van der Waals surface area contributed by atoms with Crippen molar-refractivity contribution in [1.29, 1.82) is 0 Å². The van der Waals surface area contributed by atoms with Crippen LogP contribution in [0.5, 0.6) is 0 Å². The lowest BCUT2D eigenvalue weighted by Crippen LogP contribution is -2.29. The summed E-state index contributed by atoms with van der Waals surface area (Å²) in [4.78, 5) is 33.3. The molecular formula is C17H20N4O2S. The van der Waals surface area contributed by atoms with Crippen molar-refractivity contribution >= 4 is 23.4 Å². The van der Waals surface area contributed by atoms with Gasteiger partial charge in [-0.2, -0.15) is 0 Å². The number of pyridine rings is 1. The van der Waals surface area contributed by atoms with Crippen LogP contribution in [0.25, 0.3) is 0 Å². The lowest BCUT2D eigenvalue weighted by Gasteiger charge is -2.19. The van der Waals surface area contributed by atoms with Gasteiger partial charge in [0.05, 0.1) is 23.6 Å². The molecule has 1 aliphatic heterocycles. The van der Waals surface area contributed by atoms with Crippen molar-refractivity contribution in [1.82, 2.24) is 14.5 Å². The van der Waals surface area contributed by atoms with Gasteiger partial charge in [-0.25, -0.2) is 4.98 Å². The number of nitrogens with one attached hydrogen (secondary N) is 1. The molecule has 0 unspecified atom stereocenters. The number of carbonyl (C=O) groups is 1. The van der Waals surface area contributed by atoms with Crippen LogP contribution in [0.4, 0.5) is 5.69 Å². The van der Waals surface area contributed by atoms with Gasteiger partial charge in [-0.05, 0) is 12.1 Å². The van der Waals surface area contributed by atoms with E-state index in [-0.39, 0.29) is 29.3 Å². The summed E-state index contributed by atoms with van der Waals surface area (Å²) in [5.74, 6) is 0.546. The maximum Gasteiger partial charge on any atom is 0.254 e. The zero-order chi connectivity index (χ0) is 17.3. The van der Waals surface area contributed by atoms with E-state index in [9.17, 15) is 9.59 Å². The van der Waals surface area contributed by atoms with Gasteiger partial charge in [-0.3, -0.25) is 19.1 Å². The number of aromatic nitrogens is 3. The fourth-order valence-electron chi connectivity index (χ4n) is 2.55. The fraction of sp³-hybridized carbons (Fsp3) is 0.412. The normalized spacial score (nSPS) is 16.7. The lowest BCUT2D eigenvalue weighted by atomic mass is 9.92. The fourth-order valence-corrected chi connectivity index (χ4v) is 3.70. The van der Waals surface area contributed by atoms with Gasteiger partial charge in [0.25, 0.3) is 5.56 Å².